The van der Waals surface area contributed by atoms with Gasteiger partial charge in [0.25, 0.3) is 0 Å². The Bertz CT molecular complexity index is 733. The van der Waals surface area contributed by atoms with Crippen LogP contribution in [0.15, 0.2) is 36.4 Å². The summed E-state index contributed by atoms with van der Waals surface area (Å²) in [7, 11) is 0. The first-order chi connectivity index (χ1) is 12.4. The molecular weight excluding hydrogens is 443 g/mol. The molecule has 1 aliphatic heterocycles. The summed E-state index contributed by atoms with van der Waals surface area (Å²) in [6.45, 7) is 3.98. The van der Waals surface area contributed by atoms with Crippen LogP contribution in [0.2, 0.25) is 0 Å². The van der Waals surface area contributed by atoms with Crippen LogP contribution in [-0.4, -0.2) is 28.7 Å². The van der Waals surface area contributed by atoms with Crippen LogP contribution in [0, 0.1) is 21.3 Å². The van der Waals surface area contributed by atoms with Gasteiger partial charge < -0.3 is 5.32 Å². The van der Waals surface area contributed by atoms with E-state index >= 15 is 0 Å². The largest absolute Gasteiger partial charge is 0.324 e. The predicted octanol–water partition coefficient (Wildman–Crippen LogP) is 3.60. The number of nitrogens with one attached hydrogen (secondary N) is 1. The average Bonchev–Trinajstić information content (AvgIpc) is 2.84. The summed E-state index contributed by atoms with van der Waals surface area (Å²) >= 11 is 2.18. The lowest BCUT2D eigenvalue weighted by Gasteiger charge is -2.27. The van der Waals surface area contributed by atoms with E-state index in [1.807, 2.05) is 50.3 Å². The molecule has 0 spiro atoms. The molecule has 1 heterocycles. The fraction of sp³-hybridized carbons (Fsp3) is 0.450. The Hall–Kier alpha value is -1.70. The van der Waals surface area contributed by atoms with Crippen LogP contribution in [0.5, 0.6) is 0 Å². The molecule has 0 radical (unpaired) electrons. The van der Waals surface area contributed by atoms with E-state index in [0.29, 0.717) is 24.9 Å². The van der Waals surface area contributed by atoms with Crippen molar-refractivity contribution in [3.63, 3.8) is 0 Å². The van der Waals surface area contributed by atoms with Crippen LogP contribution in [0.4, 0.5) is 5.69 Å². The number of imide groups is 1. The maximum absolute atomic E-state index is 13.0. The van der Waals surface area contributed by atoms with Gasteiger partial charge in [0.1, 0.15) is 6.04 Å². The summed E-state index contributed by atoms with van der Waals surface area (Å²) in [6, 6.07) is 6.71. The standard InChI is InChI=1S/C20H23IN2O3/c1-12(2)10-17(18(24)22-14-7-5-6-13(21)11-14)23-19(25)15-8-3-4-9-16(15)20(23)26/h3-7,11-12,15-17H,8-10H2,1-2H3,(H,22,24). The minimum atomic E-state index is -0.765. The van der Waals surface area contributed by atoms with E-state index in [0.717, 1.165) is 3.57 Å². The number of halogens is 1. The number of hydrogen-bond donors (Lipinski definition) is 1. The molecule has 0 aromatic heterocycles. The third-order valence-corrected chi connectivity index (χ3v) is 5.61. The van der Waals surface area contributed by atoms with Gasteiger partial charge >= 0.3 is 0 Å². The van der Waals surface area contributed by atoms with Crippen molar-refractivity contribution < 1.29 is 14.4 Å². The highest BCUT2D eigenvalue weighted by molar-refractivity contribution is 14.1. The van der Waals surface area contributed by atoms with E-state index in [1.165, 1.54) is 4.90 Å². The van der Waals surface area contributed by atoms with Crippen molar-refractivity contribution >= 4 is 46.0 Å². The molecule has 1 aromatic carbocycles. The zero-order chi connectivity index (χ0) is 18.8. The number of amides is 3. The summed E-state index contributed by atoms with van der Waals surface area (Å²) in [6.07, 6.45) is 5.54. The fourth-order valence-corrected chi connectivity index (χ4v) is 4.24. The van der Waals surface area contributed by atoms with Gasteiger partial charge in [-0.15, -0.1) is 0 Å². The van der Waals surface area contributed by atoms with E-state index in [2.05, 4.69) is 27.9 Å². The zero-order valence-electron chi connectivity index (χ0n) is 14.9. The lowest BCUT2D eigenvalue weighted by Crippen LogP contribution is -2.48. The van der Waals surface area contributed by atoms with Crippen LogP contribution in [-0.2, 0) is 14.4 Å². The summed E-state index contributed by atoms with van der Waals surface area (Å²) in [5.74, 6) is -1.14. The molecule has 1 fully saturated rings. The molecule has 3 amide bonds. The second kappa shape index (κ2) is 7.90. The van der Waals surface area contributed by atoms with E-state index in [9.17, 15) is 14.4 Å². The summed E-state index contributed by atoms with van der Waals surface area (Å²) in [5.41, 5.74) is 0.675. The summed E-state index contributed by atoms with van der Waals surface area (Å²) in [5, 5.41) is 2.88. The highest BCUT2D eigenvalue weighted by Gasteiger charge is 2.51. The first-order valence-corrected chi connectivity index (χ1v) is 10.0. The quantitative estimate of drug-likeness (QED) is 0.410. The molecule has 5 nitrogen and oxygen atoms in total. The van der Waals surface area contributed by atoms with Gasteiger partial charge in [-0.1, -0.05) is 32.1 Å². The van der Waals surface area contributed by atoms with Gasteiger partial charge in [0, 0.05) is 9.26 Å². The predicted molar refractivity (Wildman–Crippen MR) is 108 cm³/mol. The molecule has 3 rings (SSSR count). The minimum Gasteiger partial charge on any atom is -0.324 e. The number of hydrogen-bond acceptors (Lipinski definition) is 3. The maximum atomic E-state index is 13.0. The Morgan fingerprint density at radius 3 is 2.35 bits per heavy atom. The van der Waals surface area contributed by atoms with Gasteiger partial charge in [0.15, 0.2) is 0 Å². The van der Waals surface area contributed by atoms with Crippen LogP contribution >= 0.6 is 22.6 Å². The maximum Gasteiger partial charge on any atom is 0.247 e. The molecule has 1 aromatic rings. The zero-order valence-corrected chi connectivity index (χ0v) is 17.1. The Morgan fingerprint density at radius 2 is 1.81 bits per heavy atom. The van der Waals surface area contributed by atoms with E-state index in [1.54, 1.807) is 0 Å². The number of nitrogens with zero attached hydrogens (tertiary/aromatic N) is 1. The Morgan fingerprint density at radius 1 is 1.19 bits per heavy atom. The summed E-state index contributed by atoms with van der Waals surface area (Å²) < 4.78 is 1.01. The molecule has 1 N–H and O–H groups in total. The van der Waals surface area contributed by atoms with Crippen molar-refractivity contribution in [3.05, 3.63) is 40.0 Å². The van der Waals surface area contributed by atoms with Crippen molar-refractivity contribution in [1.29, 1.82) is 0 Å². The lowest BCUT2D eigenvalue weighted by molar-refractivity contribution is -0.147. The molecule has 0 bridgehead atoms. The molecule has 3 unspecified atom stereocenters. The number of benzene rings is 1. The Labute approximate surface area is 167 Å². The van der Waals surface area contributed by atoms with E-state index in [-0.39, 0.29) is 35.5 Å². The molecule has 1 saturated heterocycles. The lowest BCUT2D eigenvalue weighted by atomic mass is 9.85. The Balaban J connectivity index is 1.84. The van der Waals surface area contributed by atoms with E-state index in [4.69, 9.17) is 0 Å². The minimum absolute atomic E-state index is 0.183. The molecule has 138 valence electrons. The van der Waals surface area contributed by atoms with Gasteiger partial charge in [-0.05, 0) is 66.0 Å². The van der Waals surface area contributed by atoms with Crippen molar-refractivity contribution in [1.82, 2.24) is 4.90 Å². The molecular formula is C20H23IN2O3. The number of fused-ring (bicyclic) bond motifs is 1. The number of allylic oxidation sites excluding steroid dienone is 2. The molecule has 0 saturated carbocycles. The molecule has 1 aliphatic carbocycles. The summed E-state index contributed by atoms with van der Waals surface area (Å²) in [4.78, 5) is 40.0. The number of anilines is 1. The molecule has 3 atom stereocenters. The van der Waals surface area contributed by atoms with E-state index < -0.39 is 6.04 Å². The third-order valence-electron chi connectivity index (χ3n) is 4.94. The van der Waals surface area contributed by atoms with Crippen LogP contribution in [0.3, 0.4) is 0 Å². The van der Waals surface area contributed by atoms with Gasteiger partial charge in [0.2, 0.25) is 17.7 Å². The van der Waals surface area contributed by atoms with Gasteiger partial charge in [-0.3, -0.25) is 19.3 Å². The third kappa shape index (κ3) is 3.84. The highest BCUT2D eigenvalue weighted by atomic mass is 127. The fourth-order valence-electron chi connectivity index (χ4n) is 3.70. The van der Waals surface area contributed by atoms with Crippen LogP contribution in [0.1, 0.15) is 33.1 Å². The highest BCUT2D eigenvalue weighted by Crippen LogP contribution is 2.37. The topological polar surface area (TPSA) is 66.5 Å². The molecule has 2 aliphatic rings. The number of likely N-dealkylation sites (tertiary alicyclic amines) is 1. The second-order valence-electron chi connectivity index (χ2n) is 7.35. The average molecular weight is 466 g/mol. The molecule has 26 heavy (non-hydrogen) atoms. The monoisotopic (exact) mass is 466 g/mol. The Kier molecular flexibility index (Phi) is 5.79. The van der Waals surface area contributed by atoms with Crippen molar-refractivity contribution in [2.75, 3.05) is 5.32 Å². The SMILES string of the molecule is CC(C)CC(C(=O)Nc1cccc(I)c1)N1C(=O)C2CC=CCC2C1=O. The van der Waals surface area contributed by atoms with Gasteiger partial charge in [0.05, 0.1) is 11.8 Å². The van der Waals surface area contributed by atoms with Crippen LogP contribution < -0.4 is 5.32 Å². The van der Waals surface area contributed by atoms with Gasteiger partial charge in [-0.25, -0.2) is 0 Å². The van der Waals surface area contributed by atoms with Crippen molar-refractivity contribution in [2.24, 2.45) is 17.8 Å². The van der Waals surface area contributed by atoms with Gasteiger partial charge in [-0.2, -0.15) is 0 Å². The van der Waals surface area contributed by atoms with Crippen molar-refractivity contribution in [2.45, 2.75) is 39.2 Å². The number of carbonyl (C=O) groups excluding carboxylic acids is 3. The number of rotatable bonds is 5. The number of carbonyl (C=O) groups is 3. The van der Waals surface area contributed by atoms with Crippen LogP contribution in [0.25, 0.3) is 0 Å². The molecule has 6 heteroatoms. The first-order valence-electron chi connectivity index (χ1n) is 8.97. The second-order valence-corrected chi connectivity index (χ2v) is 8.59. The smallest absolute Gasteiger partial charge is 0.247 e. The van der Waals surface area contributed by atoms with Crippen molar-refractivity contribution in [3.8, 4) is 0 Å². The first kappa shape index (κ1) is 19.1. The normalized spacial score (nSPS) is 23.3.